The molecule has 19 heavy (non-hydrogen) atoms. The first-order chi connectivity index (χ1) is 9.33. The highest BCUT2D eigenvalue weighted by Crippen LogP contribution is 2.26. The molecule has 4 heteroatoms. The summed E-state index contributed by atoms with van der Waals surface area (Å²) in [6.45, 7) is 5.28. The first-order valence-corrected chi connectivity index (χ1v) is 7.00. The van der Waals surface area contributed by atoms with Gasteiger partial charge >= 0.3 is 0 Å². The average molecular weight is 262 g/mol. The molecule has 104 valence electrons. The first-order valence-electron chi connectivity index (χ1n) is 7.00. The normalized spacial score (nSPS) is 17.8. The molecule has 0 saturated heterocycles. The molecular weight excluding hydrogens is 240 g/mol. The third-order valence-corrected chi connectivity index (χ3v) is 3.31. The van der Waals surface area contributed by atoms with Crippen molar-refractivity contribution in [1.82, 2.24) is 10.6 Å². The van der Waals surface area contributed by atoms with Gasteiger partial charge in [-0.2, -0.15) is 0 Å². The van der Waals surface area contributed by atoms with Crippen LogP contribution in [0, 0.1) is 0 Å². The molecule has 0 radical (unpaired) electrons. The van der Waals surface area contributed by atoms with Crippen LogP contribution in [0.5, 0.6) is 0 Å². The molecule has 1 unspecified atom stereocenters. The maximum Gasteiger partial charge on any atom is 0.253 e. The maximum atomic E-state index is 12.1. The largest absolute Gasteiger partial charge is 0.363 e. The van der Waals surface area contributed by atoms with Crippen LogP contribution in [0.2, 0.25) is 0 Å². The van der Waals surface area contributed by atoms with E-state index < -0.39 is 6.10 Å². The highest BCUT2D eigenvalue weighted by molar-refractivity contribution is 5.82. The lowest BCUT2D eigenvalue weighted by Gasteiger charge is -2.25. The summed E-state index contributed by atoms with van der Waals surface area (Å²) >= 11 is 0. The molecule has 0 fully saturated rings. The molecule has 2 rings (SSSR count). The number of hydrogen-bond acceptors (Lipinski definition) is 3. The van der Waals surface area contributed by atoms with E-state index in [9.17, 15) is 4.79 Å². The van der Waals surface area contributed by atoms with Crippen LogP contribution in [0.3, 0.4) is 0 Å². The fourth-order valence-electron chi connectivity index (χ4n) is 2.31. The smallest absolute Gasteiger partial charge is 0.253 e. The average Bonchev–Trinajstić information content (AvgIpc) is 2.46. The molecule has 1 aliphatic rings. The van der Waals surface area contributed by atoms with Crippen molar-refractivity contribution in [3.63, 3.8) is 0 Å². The summed E-state index contributed by atoms with van der Waals surface area (Å²) in [4.78, 5) is 12.1. The van der Waals surface area contributed by atoms with Crippen LogP contribution in [-0.2, 0) is 16.0 Å². The number of amides is 1. The molecule has 1 aromatic rings. The van der Waals surface area contributed by atoms with Gasteiger partial charge in [0, 0.05) is 6.54 Å². The third kappa shape index (κ3) is 3.78. The summed E-state index contributed by atoms with van der Waals surface area (Å²) in [5.41, 5.74) is 2.24. The van der Waals surface area contributed by atoms with E-state index in [1.807, 2.05) is 18.2 Å². The Morgan fingerprint density at radius 3 is 3.05 bits per heavy atom. The fraction of sp³-hybridized carbons (Fsp3) is 0.533. The van der Waals surface area contributed by atoms with Crippen LogP contribution in [0.1, 0.15) is 30.6 Å². The first kappa shape index (κ1) is 14.0. The van der Waals surface area contributed by atoms with E-state index in [0.29, 0.717) is 13.2 Å². The third-order valence-electron chi connectivity index (χ3n) is 3.31. The minimum atomic E-state index is -0.441. The molecule has 1 atom stereocenters. The second kappa shape index (κ2) is 7.26. The predicted octanol–water partition coefficient (Wildman–Crippen LogP) is 1.42. The van der Waals surface area contributed by atoms with Gasteiger partial charge in [0.1, 0.15) is 0 Å². The molecule has 1 amide bonds. The van der Waals surface area contributed by atoms with Gasteiger partial charge in [0.05, 0.1) is 6.61 Å². The van der Waals surface area contributed by atoms with Crippen molar-refractivity contribution in [2.45, 2.75) is 25.9 Å². The highest BCUT2D eigenvalue weighted by Gasteiger charge is 2.26. The van der Waals surface area contributed by atoms with Crippen LogP contribution < -0.4 is 10.6 Å². The van der Waals surface area contributed by atoms with Crippen molar-refractivity contribution in [1.29, 1.82) is 0 Å². The van der Waals surface area contributed by atoms with Gasteiger partial charge in [-0.3, -0.25) is 4.79 Å². The Bertz CT molecular complexity index is 420. The van der Waals surface area contributed by atoms with Gasteiger partial charge in [-0.1, -0.05) is 31.2 Å². The maximum absolute atomic E-state index is 12.1. The predicted molar refractivity (Wildman–Crippen MR) is 75.0 cm³/mol. The van der Waals surface area contributed by atoms with E-state index in [1.54, 1.807) is 0 Å². The SMILES string of the molecule is CCNCCCNC(=O)C1OCCc2ccccc21. The Kier molecular flexibility index (Phi) is 5.36. The Morgan fingerprint density at radius 2 is 2.21 bits per heavy atom. The summed E-state index contributed by atoms with van der Waals surface area (Å²) in [6, 6.07) is 8.02. The van der Waals surface area contributed by atoms with Crippen LogP contribution in [0.25, 0.3) is 0 Å². The molecule has 2 N–H and O–H groups in total. The van der Waals surface area contributed by atoms with Crippen molar-refractivity contribution in [3.8, 4) is 0 Å². The van der Waals surface area contributed by atoms with Gasteiger partial charge in [-0.05, 0) is 37.1 Å². The van der Waals surface area contributed by atoms with E-state index in [4.69, 9.17) is 4.74 Å². The molecule has 1 aliphatic heterocycles. The number of hydrogen-bond donors (Lipinski definition) is 2. The standard InChI is InChI=1S/C15H22N2O2/c1-2-16-9-5-10-17-15(18)14-13-7-4-3-6-12(13)8-11-19-14/h3-4,6-7,14,16H,2,5,8-11H2,1H3,(H,17,18). The number of nitrogens with one attached hydrogen (secondary N) is 2. The van der Waals surface area contributed by atoms with Crippen LogP contribution in [-0.4, -0.2) is 32.1 Å². The lowest BCUT2D eigenvalue weighted by molar-refractivity contribution is -0.134. The van der Waals surface area contributed by atoms with E-state index in [1.165, 1.54) is 5.56 Å². The van der Waals surface area contributed by atoms with E-state index in [0.717, 1.165) is 31.5 Å². The number of carbonyl (C=O) groups excluding carboxylic acids is 1. The van der Waals surface area contributed by atoms with Gasteiger partial charge < -0.3 is 15.4 Å². The van der Waals surface area contributed by atoms with Crippen LogP contribution in [0.15, 0.2) is 24.3 Å². The Hall–Kier alpha value is -1.39. The van der Waals surface area contributed by atoms with Crippen molar-refractivity contribution < 1.29 is 9.53 Å². The van der Waals surface area contributed by atoms with Gasteiger partial charge in [-0.25, -0.2) is 0 Å². The van der Waals surface area contributed by atoms with Gasteiger partial charge in [0.15, 0.2) is 6.10 Å². The summed E-state index contributed by atoms with van der Waals surface area (Å²) in [5, 5.41) is 6.18. The zero-order valence-corrected chi connectivity index (χ0v) is 11.4. The summed E-state index contributed by atoms with van der Waals surface area (Å²) in [7, 11) is 0. The van der Waals surface area contributed by atoms with Crippen LogP contribution in [0.4, 0.5) is 0 Å². The zero-order valence-electron chi connectivity index (χ0n) is 11.4. The fourth-order valence-corrected chi connectivity index (χ4v) is 2.31. The van der Waals surface area contributed by atoms with Crippen LogP contribution >= 0.6 is 0 Å². The minimum absolute atomic E-state index is 0.0244. The molecular formula is C15H22N2O2. The lowest BCUT2D eigenvalue weighted by Crippen LogP contribution is -2.35. The van der Waals surface area contributed by atoms with E-state index in [-0.39, 0.29) is 5.91 Å². The van der Waals surface area contributed by atoms with Gasteiger partial charge in [-0.15, -0.1) is 0 Å². The van der Waals surface area contributed by atoms with Crippen molar-refractivity contribution in [2.75, 3.05) is 26.2 Å². The van der Waals surface area contributed by atoms with Crippen molar-refractivity contribution in [3.05, 3.63) is 35.4 Å². The van der Waals surface area contributed by atoms with Crippen molar-refractivity contribution >= 4 is 5.91 Å². The number of benzene rings is 1. The quantitative estimate of drug-likeness (QED) is 0.762. The summed E-state index contributed by atoms with van der Waals surface area (Å²) < 4.78 is 5.62. The van der Waals surface area contributed by atoms with E-state index >= 15 is 0 Å². The Labute approximate surface area is 114 Å². The Morgan fingerprint density at radius 1 is 1.37 bits per heavy atom. The number of rotatable bonds is 6. The van der Waals surface area contributed by atoms with E-state index in [2.05, 4.69) is 23.6 Å². The Balaban J connectivity index is 1.86. The molecule has 0 spiro atoms. The van der Waals surface area contributed by atoms with Gasteiger partial charge in [0.25, 0.3) is 5.91 Å². The topological polar surface area (TPSA) is 50.4 Å². The van der Waals surface area contributed by atoms with Crippen molar-refractivity contribution in [2.24, 2.45) is 0 Å². The molecule has 1 heterocycles. The molecule has 4 nitrogen and oxygen atoms in total. The summed E-state index contributed by atoms with van der Waals surface area (Å²) in [6.07, 6.45) is 1.39. The molecule has 0 saturated carbocycles. The zero-order chi connectivity index (χ0) is 13.5. The number of fused-ring (bicyclic) bond motifs is 1. The molecule has 0 aliphatic carbocycles. The monoisotopic (exact) mass is 262 g/mol. The molecule has 0 bridgehead atoms. The van der Waals surface area contributed by atoms with Gasteiger partial charge in [0.2, 0.25) is 0 Å². The highest BCUT2D eigenvalue weighted by atomic mass is 16.5. The molecule has 1 aromatic carbocycles. The minimum Gasteiger partial charge on any atom is -0.363 e. The lowest BCUT2D eigenvalue weighted by atomic mass is 9.97. The second-order valence-electron chi connectivity index (χ2n) is 4.70. The summed E-state index contributed by atoms with van der Waals surface area (Å²) in [5.74, 6) is -0.0244. The molecule has 0 aromatic heterocycles. The second-order valence-corrected chi connectivity index (χ2v) is 4.70. The number of carbonyl (C=O) groups is 1. The number of ether oxygens (including phenoxy) is 1.